The topological polar surface area (TPSA) is 48.6 Å². The third kappa shape index (κ3) is 3.71. The van der Waals surface area contributed by atoms with E-state index in [9.17, 15) is 9.18 Å². The molecule has 124 valence electrons. The summed E-state index contributed by atoms with van der Waals surface area (Å²) in [6.07, 6.45) is 0.964. The van der Waals surface area contributed by atoms with Gasteiger partial charge in [0, 0.05) is 30.5 Å². The van der Waals surface area contributed by atoms with Gasteiger partial charge in [0.05, 0.1) is 12.7 Å². The number of hydrogen-bond donors (Lipinski definition) is 1. The van der Waals surface area contributed by atoms with Gasteiger partial charge in [-0.1, -0.05) is 0 Å². The number of amides is 1. The van der Waals surface area contributed by atoms with Crippen LogP contribution in [0.15, 0.2) is 24.3 Å². The zero-order chi connectivity index (χ0) is 16.4. The summed E-state index contributed by atoms with van der Waals surface area (Å²) in [5.41, 5.74) is 1.27. The van der Waals surface area contributed by atoms with E-state index < -0.39 is 0 Å². The number of ether oxygens (including phenoxy) is 1. The molecule has 1 aromatic heterocycles. The van der Waals surface area contributed by atoms with Gasteiger partial charge in [0.2, 0.25) is 0 Å². The van der Waals surface area contributed by atoms with Crippen LogP contribution in [0.25, 0.3) is 10.9 Å². The molecule has 1 saturated heterocycles. The Labute approximate surface area is 135 Å². The lowest BCUT2D eigenvalue weighted by Crippen LogP contribution is -2.46. The maximum absolute atomic E-state index is 13.3. The molecular weight excluding hydrogens is 297 g/mol. The zero-order valence-electron chi connectivity index (χ0n) is 13.5. The van der Waals surface area contributed by atoms with E-state index in [0.717, 1.165) is 18.5 Å². The van der Waals surface area contributed by atoms with Crippen LogP contribution in [0.5, 0.6) is 0 Å². The molecule has 0 bridgehead atoms. The number of H-pyrrole nitrogens is 1. The van der Waals surface area contributed by atoms with E-state index in [1.54, 1.807) is 12.1 Å². The van der Waals surface area contributed by atoms with Crippen LogP contribution in [0.2, 0.25) is 0 Å². The molecule has 0 radical (unpaired) electrons. The maximum atomic E-state index is 13.3. The molecule has 5 nitrogen and oxygen atoms in total. The zero-order valence-corrected chi connectivity index (χ0v) is 13.5. The fourth-order valence-electron chi connectivity index (χ4n) is 2.87. The number of benzene rings is 1. The first-order valence-electron chi connectivity index (χ1n) is 7.87. The number of carbonyl (C=O) groups is 1. The largest absolute Gasteiger partial charge is 0.374 e. The number of nitrogens with zero attached hydrogens (tertiary/aromatic N) is 2. The minimum absolute atomic E-state index is 0.0558. The van der Waals surface area contributed by atoms with Gasteiger partial charge in [0.1, 0.15) is 11.5 Å². The normalized spacial score (nSPS) is 18.8. The number of aromatic nitrogens is 1. The molecule has 1 amide bonds. The smallest absolute Gasteiger partial charge is 0.270 e. The predicted octanol–water partition coefficient (Wildman–Crippen LogP) is 2.10. The van der Waals surface area contributed by atoms with E-state index in [2.05, 4.69) is 9.88 Å². The third-order valence-corrected chi connectivity index (χ3v) is 4.14. The lowest BCUT2D eigenvalue weighted by Gasteiger charge is -2.33. The summed E-state index contributed by atoms with van der Waals surface area (Å²) >= 11 is 0. The van der Waals surface area contributed by atoms with Gasteiger partial charge in [-0.05, 0) is 44.8 Å². The Kier molecular flexibility index (Phi) is 4.63. The van der Waals surface area contributed by atoms with E-state index in [1.807, 2.05) is 19.0 Å². The Hall–Kier alpha value is -1.92. The molecule has 0 unspecified atom stereocenters. The summed E-state index contributed by atoms with van der Waals surface area (Å²) in [7, 11) is 4.05. The minimum atomic E-state index is -0.300. The molecule has 1 aliphatic heterocycles. The summed E-state index contributed by atoms with van der Waals surface area (Å²) in [5.74, 6) is -0.356. The fourth-order valence-corrected chi connectivity index (χ4v) is 2.87. The number of carbonyl (C=O) groups excluding carboxylic acids is 1. The summed E-state index contributed by atoms with van der Waals surface area (Å²) in [6.45, 7) is 2.66. The summed E-state index contributed by atoms with van der Waals surface area (Å²) < 4.78 is 19.0. The maximum Gasteiger partial charge on any atom is 0.270 e. The van der Waals surface area contributed by atoms with Crippen molar-refractivity contribution in [3.05, 3.63) is 35.8 Å². The SMILES string of the molecule is CN(C)CC[C@@H]1CN(C(=O)c2cc3cc(F)ccc3[nH]2)CCO1. The van der Waals surface area contributed by atoms with E-state index in [1.165, 1.54) is 12.1 Å². The van der Waals surface area contributed by atoms with Gasteiger partial charge < -0.3 is 19.5 Å². The molecule has 2 heterocycles. The number of halogens is 1. The van der Waals surface area contributed by atoms with Crippen LogP contribution in [0.3, 0.4) is 0 Å². The summed E-state index contributed by atoms with van der Waals surface area (Å²) in [5, 5.41) is 0.714. The molecule has 1 N–H and O–H groups in total. The van der Waals surface area contributed by atoms with Crippen molar-refractivity contribution < 1.29 is 13.9 Å². The molecule has 0 saturated carbocycles. The van der Waals surface area contributed by atoms with Crippen LogP contribution < -0.4 is 0 Å². The first-order valence-corrected chi connectivity index (χ1v) is 7.87. The van der Waals surface area contributed by atoms with E-state index in [0.29, 0.717) is 30.8 Å². The standard InChI is InChI=1S/C17H22FN3O2/c1-20(2)6-5-14-11-21(7-8-23-14)17(22)16-10-12-9-13(18)3-4-15(12)19-16/h3-4,9-10,14,19H,5-8,11H2,1-2H3/t14-/m1/s1. The fraction of sp³-hybridized carbons (Fsp3) is 0.471. The first kappa shape index (κ1) is 16.0. The van der Waals surface area contributed by atoms with Gasteiger partial charge >= 0.3 is 0 Å². The monoisotopic (exact) mass is 319 g/mol. The third-order valence-electron chi connectivity index (χ3n) is 4.14. The Morgan fingerprint density at radius 2 is 2.26 bits per heavy atom. The van der Waals surface area contributed by atoms with Gasteiger partial charge in [-0.25, -0.2) is 4.39 Å². The van der Waals surface area contributed by atoms with Crippen molar-refractivity contribution >= 4 is 16.8 Å². The van der Waals surface area contributed by atoms with Gasteiger partial charge in [-0.15, -0.1) is 0 Å². The van der Waals surface area contributed by atoms with Crippen molar-refractivity contribution in [1.82, 2.24) is 14.8 Å². The van der Waals surface area contributed by atoms with Crippen molar-refractivity contribution in [2.45, 2.75) is 12.5 Å². The highest BCUT2D eigenvalue weighted by Gasteiger charge is 2.25. The average molecular weight is 319 g/mol. The minimum Gasteiger partial charge on any atom is -0.374 e. The lowest BCUT2D eigenvalue weighted by molar-refractivity contribution is -0.0271. The molecule has 1 atom stereocenters. The van der Waals surface area contributed by atoms with Crippen LogP contribution in [0, 0.1) is 5.82 Å². The summed E-state index contributed by atoms with van der Waals surface area (Å²) in [4.78, 5) is 19.7. The quantitative estimate of drug-likeness (QED) is 0.939. The van der Waals surface area contributed by atoms with Gasteiger partial charge in [0.15, 0.2) is 0 Å². The number of aromatic amines is 1. The molecule has 1 aromatic carbocycles. The van der Waals surface area contributed by atoms with E-state index in [4.69, 9.17) is 4.74 Å². The predicted molar refractivity (Wildman–Crippen MR) is 87.1 cm³/mol. The van der Waals surface area contributed by atoms with Crippen LogP contribution in [0.4, 0.5) is 4.39 Å². The molecular formula is C17H22FN3O2. The van der Waals surface area contributed by atoms with Gasteiger partial charge in [0.25, 0.3) is 5.91 Å². The van der Waals surface area contributed by atoms with Crippen LogP contribution in [0.1, 0.15) is 16.9 Å². The molecule has 2 aromatic rings. The Balaban J connectivity index is 1.70. The lowest BCUT2D eigenvalue weighted by atomic mass is 10.2. The second-order valence-corrected chi connectivity index (χ2v) is 6.25. The number of hydrogen-bond acceptors (Lipinski definition) is 3. The Morgan fingerprint density at radius 3 is 3.04 bits per heavy atom. The Bertz CT molecular complexity index is 698. The van der Waals surface area contributed by atoms with Gasteiger partial charge in [-0.3, -0.25) is 4.79 Å². The van der Waals surface area contributed by atoms with Crippen molar-refractivity contribution in [1.29, 1.82) is 0 Å². The highest BCUT2D eigenvalue weighted by Crippen LogP contribution is 2.19. The molecule has 0 spiro atoms. The number of fused-ring (bicyclic) bond motifs is 1. The van der Waals surface area contributed by atoms with Crippen LogP contribution in [-0.4, -0.2) is 67.1 Å². The highest BCUT2D eigenvalue weighted by molar-refractivity contribution is 5.98. The summed E-state index contributed by atoms with van der Waals surface area (Å²) in [6, 6.07) is 6.19. The number of morpholine rings is 1. The van der Waals surface area contributed by atoms with E-state index >= 15 is 0 Å². The first-order chi connectivity index (χ1) is 11.0. The van der Waals surface area contributed by atoms with E-state index in [-0.39, 0.29) is 17.8 Å². The number of rotatable bonds is 4. The molecule has 1 fully saturated rings. The second kappa shape index (κ2) is 6.68. The van der Waals surface area contributed by atoms with Crippen molar-refractivity contribution in [2.24, 2.45) is 0 Å². The average Bonchev–Trinajstić information content (AvgIpc) is 2.95. The van der Waals surface area contributed by atoms with Crippen LogP contribution in [-0.2, 0) is 4.74 Å². The van der Waals surface area contributed by atoms with Gasteiger partial charge in [-0.2, -0.15) is 0 Å². The highest BCUT2D eigenvalue weighted by atomic mass is 19.1. The van der Waals surface area contributed by atoms with Crippen molar-refractivity contribution in [3.63, 3.8) is 0 Å². The molecule has 1 aliphatic rings. The van der Waals surface area contributed by atoms with Crippen molar-refractivity contribution in [3.8, 4) is 0 Å². The van der Waals surface area contributed by atoms with Crippen LogP contribution >= 0.6 is 0 Å². The molecule has 3 rings (SSSR count). The molecule has 23 heavy (non-hydrogen) atoms. The molecule has 0 aliphatic carbocycles. The molecule has 6 heteroatoms. The Morgan fingerprint density at radius 1 is 1.43 bits per heavy atom. The number of nitrogens with one attached hydrogen (secondary N) is 1. The second-order valence-electron chi connectivity index (χ2n) is 6.25. The van der Waals surface area contributed by atoms with Crippen molar-refractivity contribution in [2.75, 3.05) is 40.3 Å².